The predicted molar refractivity (Wildman–Crippen MR) is 116 cm³/mol. The molecule has 0 radical (unpaired) electrons. The zero-order valence-corrected chi connectivity index (χ0v) is 18.7. The van der Waals surface area contributed by atoms with E-state index in [0.29, 0.717) is 10.9 Å². The molecular weight excluding hydrogens is 390 g/mol. The number of carbonyl (C=O) groups excluding carboxylic acids is 1. The van der Waals surface area contributed by atoms with Crippen LogP contribution in [0, 0.1) is 20.8 Å². The normalized spacial score (nSPS) is 11.1. The van der Waals surface area contributed by atoms with Crippen LogP contribution >= 0.6 is 23.1 Å². The molecule has 0 bridgehead atoms. The van der Waals surface area contributed by atoms with E-state index >= 15 is 0 Å². The molecule has 8 heteroatoms. The lowest BCUT2D eigenvalue weighted by atomic mass is 10.0. The summed E-state index contributed by atoms with van der Waals surface area (Å²) in [5.74, 6) is 1.61. The van der Waals surface area contributed by atoms with Gasteiger partial charge in [0, 0.05) is 31.5 Å². The molecule has 0 aliphatic heterocycles. The zero-order chi connectivity index (χ0) is 20.4. The summed E-state index contributed by atoms with van der Waals surface area (Å²) in [6, 6.07) is 4.20. The third kappa shape index (κ3) is 4.12. The molecule has 3 aromatic rings. The van der Waals surface area contributed by atoms with Crippen molar-refractivity contribution in [2.45, 2.75) is 51.9 Å². The van der Waals surface area contributed by atoms with E-state index in [2.05, 4.69) is 36.2 Å². The quantitative estimate of drug-likeness (QED) is 0.544. The Balaban J connectivity index is 1.84. The SMILES string of the molecule is CCc1nnc(SCc2csc(N(C(C)=O)c3c(C)cc(C)cc3C)n2)n1C. The third-order valence-electron chi connectivity index (χ3n) is 4.50. The molecule has 1 amide bonds. The fourth-order valence-electron chi connectivity index (χ4n) is 3.30. The first-order valence-electron chi connectivity index (χ1n) is 9.15. The van der Waals surface area contributed by atoms with Crippen LogP contribution in [0.1, 0.15) is 42.1 Å². The van der Waals surface area contributed by atoms with E-state index in [0.717, 1.165) is 39.9 Å². The molecule has 3 rings (SSSR count). The first-order chi connectivity index (χ1) is 13.3. The minimum Gasteiger partial charge on any atom is -0.309 e. The number of aryl methyl sites for hydroxylation is 4. The molecule has 0 fully saturated rings. The zero-order valence-electron chi connectivity index (χ0n) is 17.1. The molecule has 28 heavy (non-hydrogen) atoms. The standard InChI is InChI=1S/C20H25N5OS2/c1-7-17-22-23-20(24(17)6)28-11-16-10-27-19(21-16)25(15(5)26)18-13(3)8-12(2)9-14(18)4/h8-10H,7,11H2,1-6H3. The Bertz CT molecular complexity index is 985. The predicted octanol–water partition coefficient (Wildman–Crippen LogP) is 4.74. The van der Waals surface area contributed by atoms with Crippen molar-refractivity contribution >= 4 is 39.8 Å². The van der Waals surface area contributed by atoms with Gasteiger partial charge in [-0.1, -0.05) is 36.4 Å². The van der Waals surface area contributed by atoms with Crippen LogP contribution < -0.4 is 4.90 Å². The van der Waals surface area contributed by atoms with Gasteiger partial charge in [0.1, 0.15) is 5.82 Å². The number of benzene rings is 1. The van der Waals surface area contributed by atoms with Gasteiger partial charge in [-0.15, -0.1) is 21.5 Å². The van der Waals surface area contributed by atoms with Gasteiger partial charge in [0.25, 0.3) is 0 Å². The molecule has 6 nitrogen and oxygen atoms in total. The van der Waals surface area contributed by atoms with Crippen molar-refractivity contribution in [1.82, 2.24) is 19.7 Å². The van der Waals surface area contributed by atoms with E-state index < -0.39 is 0 Å². The van der Waals surface area contributed by atoms with Crippen molar-refractivity contribution in [3.8, 4) is 0 Å². The van der Waals surface area contributed by atoms with Crippen LogP contribution in [-0.2, 0) is 24.0 Å². The maximum Gasteiger partial charge on any atom is 0.230 e. The highest BCUT2D eigenvalue weighted by atomic mass is 32.2. The van der Waals surface area contributed by atoms with Crippen molar-refractivity contribution in [3.63, 3.8) is 0 Å². The number of anilines is 2. The van der Waals surface area contributed by atoms with E-state index in [9.17, 15) is 4.79 Å². The highest BCUT2D eigenvalue weighted by Gasteiger charge is 2.22. The minimum atomic E-state index is -0.0375. The van der Waals surface area contributed by atoms with Crippen LogP contribution in [0.15, 0.2) is 22.7 Å². The molecule has 2 heterocycles. The number of thiazole rings is 1. The van der Waals surface area contributed by atoms with E-state index in [1.807, 2.05) is 30.8 Å². The van der Waals surface area contributed by atoms with Crippen molar-refractivity contribution in [1.29, 1.82) is 0 Å². The Morgan fingerprint density at radius 3 is 2.46 bits per heavy atom. The summed E-state index contributed by atoms with van der Waals surface area (Å²) < 4.78 is 2.01. The van der Waals surface area contributed by atoms with Gasteiger partial charge in [0.2, 0.25) is 5.91 Å². The van der Waals surface area contributed by atoms with Gasteiger partial charge in [-0.25, -0.2) is 4.98 Å². The van der Waals surface area contributed by atoms with E-state index in [-0.39, 0.29) is 5.91 Å². The monoisotopic (exact) mass is 415 g/mol. The van der Waals surface area contributed by atoms with Crippen LogP contribution in [0.4, 0.5) is 10.8 Å². The number of thioether (sulfide) groups is 1. The molecule has 0 atom stereocenters. The summed E-state index contributed by atoms with van der Waals surface area (Å²) in [5, 5.41) is 12.0. The third-order valence-corrected chi connectivity index (χ3v) is 6.42. The van der Waals surface area contributed by atoms with Crippen LogP contribution in [0.5, 0.6) is 0 Å². The van der Waals surface area contributed by atoms with Gasteiger partial charge in [-0.05, 0) is 31.9 Å². The van der Waals surface area contributed by atoms with Gasteiger partial charge >= 0.3 is 0 Å². The molecule has 0 aliphatic carbocycles. The lowest BCUT2D eigenvalue weighted by molar-refractivity contribution is -0.115. The van der Waals surface area contributed by atoms with Gasteiger partial charge in [0.15, 0.2) is 10.3 Å². The topological polar surface area (TPSA) is 63.9 Å². The highest BCUT2D eigenvalue weighted by Crippen LogP contribution is 2.35. The number of hydrogen-bond donors (Lipinski definition) is 0. The summed E-state index contributed by atoms with van der Waals surface area (Å²) in [6.45, 7) is 9.79. The van der Waals surface area contributed by atoms with Crippen LogP contribution in [-0.4, -0.2) is 25.7 Å². The number of aromatic nitrogens is 4. The number of nitrogens with zero attached hydrogens (tertiary/aromatic N) is 5. The molecule has 0 saturated carbocycles. The summed E-state index contributed by atoms with van der Waals surface area (Å²) in [6.07, 6.45) is 0.855. The molecule has 1 aromatic carbocycles. The summed E-state index contributed by atoms with van der Waals surface area (Å²) >= 11 is 3.09. The van der Waals surface area contributed by atoms with Crippen molar-refractivity contribution in [2.24, 2.45) is 7.05 Å². The molecule has 0 saturated heterocycles. The van der Waals surface area contributed by atoms with Crippen molar-refractivity contribution < 1.29 is 4.79 Å². The Morgan fingerprint density at radius 2 is 1.89 bits per heavy atom. The Kier molecular flexibility index (Phi) is 6.20. The largest absolute Gasteiger partial charge is 0.309 e. The summed E-state index contributed by atoms with van der Waals surface area (Å²) in [5.41, 5.74) is 5.19. The maximum atomic E-state index is 12.5. The number of amides is 1. The average Bonchev–Trinajstić information content (AvgIpc) is 3.22. The van der Waals surface area contributed by atoms with Gasteiger partial charge in [0.05, 0.1) is 11.4 Å². The van der Waals surface area contributed by atoms with Crippen LogP contribution in [0.3, 0.4) is 0 Å². The maximum absolute atomic E-state index is 12.5. The van der Waals surface area contributed by atoms with E-state index in [4.69, 9.17) is 4.98 Å². The molecule has 0 N–H and O–H groups in total. The van der Waals surface area contributed by atoms with Crippen LogP contribution in [0.25, 0.3) is 0 Å². The molecule has 0 spiro atoms. The Morgan fingerprint density at radius 1 is 1.21 bits per heavy atom. The Hall–Kier alpha value is -2.19. The molecule has 148 valence electrons. The number of carbonyl (C=O) groups is 1. The lowest BCUT2D eigenvalue weighted by Crippen LogP contribution is -2.24. The molecular formula is C20H25N5OS2. The van der Waals surface area contributed by atoms with E-state index in [1.54, 1.807) is 23.6 Å². The highest BCUT2D eigenvalue weighted by molar-refractivity contribution is 7.98. The van der Waals surface area contributed by atoms with Gasteiger partial charge < -0.3 is 4.57 Å². The molecule has 0 unspecified atom stereocenters. The van der Waals surface area contributed by atoms with Gasteiger partial charge in [-0.2, -0.15) is 0 Å². The van der Waals surface area contributed by atoms with E-state index in [1.165, 1.54) is 16.9 Å². The molecule has 0 aliphatic rings. The van der Waals surface area contributed by atoms with Gasteiger partial charge in [-0.3, -0.25) is 9.69 Å². The second-order valence-electron chi connectivity index (χ2n) is 6.82. The number of rotatable bonds is 6. The fourth-order valence-corrected chi connectivity index (χ4v) is 5.10. The first kappa shape index (κ1) is 20.5. The average molecular weight is 416 g/mol. The summed E-state index contributed by atoms with van der Waals surface area (Å²) in [4.78, 5) is 18.9. The molecule has 2 aromatic heterocycles. The van der Waals surface area contributed by atoms with Crippen molar-refractivity contribution in [2.75, 3.05) is 4.90 Å². The fraction of sp³-hybridized carbons (Fsp3) is 0.400. The Labute approximate surface area is 174 Å². The minimum absolute atomic E-state index is 0.0375. The summed E-state index contributed by atoms with van der Waals surface area (Å²) in [7, 11) is 1.98. The second-order valence-corrected chi connectivity index (χ2v) is 8.60. The number of hydrogen-bond acceptors (Lipinski definition) is 6. The van der Waals surface area contributed by atoms with Crippen molar-refractivity contribution in [3.05, 3.63) is 45.7 Å². The lowest BCUT2D eigenvalue weighted by Gasteiger charge is -2.23. The first-order valence-corrected chi connectivity index (χ1v) is 11.0. The smallest absolute Gasteiger partial charge is 0.230 e. The van der Waals surface area contributed by atoms with Crippen LogP contribution in [0.2, 0.25) is 0 Å². The second kappa shape index (κ2) is 8.45.